The molecule has 1 aliphatic rings. The molecule has 0 unspecified atom stereocenters. The lowest BCUT2D eigenvalue weighted by molar-refractivity contribution is 0.102. The molecule has 0 saturated carbocycles. The molecule has 33 heavy (non-hydrogen) atoms. The summed E-state index contributed by atoms with van der Waals surface area (Å²) in [5.41, 5.74) is 0.311. The van der Waals surface area contributed by atoms with E-state index in [1.54, 1.807) is 6.92 Å². The van der Waals surface area contributed by atoms with Crippen molar-refractivity contribution in [3.05, 3.63) is 48.0 Å². The second-order valence-electron chi connectivity index (χ2n) is 7.83. The zero-order chi connectivity index (χ0) is 24.2. The van der Waals surface area contributed by atoms with Crippen LogP contribution in [0.15, 0.2) is 52.3 Å². The van der Waals surface area contributed by atoms with Crippen LogP contribution in [0, 0.1) is 0 Å². The van der Waals surface area contributed by atoms with Gasteiger partial charge in [-0.15, -0.1) is 0 Å². The van der Waals surface area contributed by atoms with Crippen molar-refractivity contribution in [1.82, 2.24) is 8.61 Å². The molecule has 1 fully saturated rings. The molecule has 180 valence electrons. The molecule has 1 amide bonds. The third kappa shape index (κ3) is 5.55. The summed E-state index contributed by atoms with van der Waals surface area (Å²) in [6.45, 7) is 3.02. The molecule has 0 atom stereocenters. The number of carbonyl (C=O) groups is 1. The minimum atomic E-state index is -3.72. The van der Waals surface area contributed by atoms with Crippen molar-refractivity contribution in [2.45, 2.75) is 36.0 Å². The number of piperidine rings is 1. The van der Waals surface area contributed by atoms with E-state index in [9.17, 15) is 21.6 Å². The minimum Gasteiger partial charge on any atom is -0.492 e. The van der Waals surface area contributed by atoms with Crippen molar-refractivity contribution in [2.75, 3.05) is 39.1 Å². The van der Waals surface area contributed by atoms with Crippen LogP contribution in [-0.2, 0) is 20.0 Å². The normalized spacial score (nSPS) is 15.4. The van der Waals surface area contributed by atoms with Crippen LogP contribution in [0.3, 0.4) is 0 Å². The zero-order valence-electron chi connectivity index (χ0n) is 18.9. The molecule has 1 heterocycles. The number of amides is 1. The van der Waals surface area contributed by atoms with E-state index in [0.717, 1.165) is 23.6 Å². The van der Waals surface area contributed by atoms with E-state index >= 15 is 0 Å². The van der Waals surface area contributed by atoms with E-state index in [1.165, 1.54) is 60.9 Å². The van der Waals surface area contributed by atoms with Crippen LogP contribution in [0.5, 0.6) is 5.75 Å². The lowest BCUT2D eigenvalue weighted by atomic mass is 10.2. The van der Waals surface area contributed by atoms with Crippen molar-refractivity contribution in [3.8, 4) is 5.75 Å². The number of rotatable bonds is 8. The third-order valence-corrected chi connectivity index (χ3v) is 9.03. The van der Waals surface area contributed by atoms with E-state index in [1.807, 2.05) is 0 Å². The predicted octanol–water partition coefficient (Wildman–Crippen LogP) is 2.76. The average Bonchev–Trinajstić information content (AvgIpc) is 2.80. The van der Waals surface area contributed by atoms with Crippen LogP contribution in [0.25, 0.3) is 0 Å². The van der Waals surface area contributed by atoms with Crippen molar-refractivity contribution < 1.29 is 26.4 Å². The van der Waals surface area contributed by atoms with Gasteiger partial charge in [-0.1, -0.05) is 12.5 Å². The van der Waals surface area contributed by atoms with Gasteiger partial charge in [-0.05, 0) is 56.2 Å². The van der Waals surface area contributed by atoms with Gasteiger partial charge in [-0.25, -0.2) is 21.1 Å². The summed E-state index contributed by atoms with van der Waals surface area (Å²) in [6, 6.07) is 10.0. The molecule has 2 aromatic rings. The van der Waals surface area contributed by atoms with Gasteiger partial charge in [0, 0.05) is 32.7 Å². The Morgan fingerprint density at radius 3 is 2.33 bits per heavy atom. The predicted molar refractivity (Wildman–Crippen MR) is 125 cm³/mol. The first-order valence-electron chi connectivity index (χ1n) is 10.7. The molecule has 1 saturated heterocycles. The first kappa shape index (κ1) is 25.2. The van der Waals surface area contributed by atoms with Gasteiger partial charge in [-0.2, -0.15) is 4.31 Å². The summed E-state index contributed by atoms with van der Waals surface area (Å²) < 4.78 is 59.1. The van der Waals surface area contributed by atoms with E-state index < -0.39 is 26.0 Å². The lowest BCUT2D eigenvalue weighted by Crippen LogP contribution is -2.35. The third-order valence-electron chi connectivity index (χ3n) is 5.33. The van der Waals surface area contributed by atoms with Crippen LogP contribution < -0.4 is 10.1 Å². The fraction of sp³-hybridized carbons (Fsp3) is 0.409. The number of anilines is 1. The Labute approximate surface area is 195 Å². The van der Waals surface area contributed by atoms with Gasteiger partial charge in [0.25, 0.3) is 5.91 Å². The van der Waals surface area contributed by atoms with Crippen molar-refractivity contribution in [2.24, 2.45) is 0 Å². The zero-order valence-corrected chi connectivity index (χ0v) is 20.6. The maximum absolute atomic E-state index is 13.1. The Morgan fingerprint density at radius 1 is 1.00 bits per heavy atom. The van der Waals surface area contributed by atoms with Crippen LogP contribution in [-0.4, -0.2) is 65.1 Å². The molecule has 11 heteroatoms. The van der Waals surface area contributed by atoms with E-state index in [0.29, 0.717) is 25.4 Å². The van der Waals surface area contributed by atoms with E-state index in [2.05, 4.69) is 5.32 Å². The van der Waals surface area contributed by atoms with Crippen LogP contribution in [0.2, 0.25) is 0 Å². The summed E-state index contributed by atoms with van der Waals surface area (Å²) in [4.78, 5) is 13.0. The highest BCUT2D eigenvalue weighted by molar-refractivity contribution is 7.89. The van der Waals surface area contributed by atoms with Gasteiger partial charge in [0.2, 0.25) is 20.0 Å². The van der Waals surface area contributed by atoms with Gasteiger partial charge in [0.15, 0.2) is 0 Å². The van der Waals surface area contributed by atoms with Gasteiger partial charge in [-0.3, -0.25) is 4.79 Å². The smallest absolute Gasteiger partial charge is 0.255 e. The van der Waals surface area contributed by atoms with E-state index in [4.69, 9.17) is 4.74 Å². The standard InChI is InChI=1S/C22H29N3O6S2/c1-4-31-21-12-11-19(33(29,30)25-13-6-5-7-14-25)16-20(21)23-22(26)17-9-8-10-18(15-17)32(27,28)24(2)3/h8-12,15-16H,4-7,13-14H2,1-3H3,(H,23,26). The molecule has 1 N–H and O–H groups in total. The summed E-state index contributed by atoms with van der Waals surface area (Å²) >= 11 is 0. The number of carbonyl (C=O) groups excluding carboxylic acids is 1. The summed E-state index contributed by atoms with van der Waals surface area (Å²) in [5.74, 6) is -0.264. The summed E-state index contributed by atoms with van der Waals surface area (Å²) in [7, 11) is -4.61. The van der Waals surface area contributed by atoms with Gasteiger partial charge < -0.3 is 10.1 Å². The molecule has 3 rings (SSSR count). The molecule has 0 aromatic heterocycles. The Morgan fingerprint density at radius 2 is 1.70 bits per heavy atom. The van der Waals surface area contributed by atoms with Crippen LogP contribution >= 0.6 is 0 Å². The number of hydrogen-bond acceptors (Lipinski definition) is 6. The maximum atomic E-state index is 13.1. The highest BCUT2D eigenvalue weighted by Crippen LogP contribution is 2.31. The fourth-order valence-corrected chi connectivity index (χ4v) is 6.00. The van der Waals surface area contributed by atoms with Gasteiger partial charge >= 0.3 is 0 Å². The molecule has 0 spiro atoms. The van der Waals surface area contributed by atoms with E-state index in [-0.39, 0.29) is 21.0 Å². The molecule has 0 aliphatic carbocycles. The molecule has 2 aromatic carbocycles. The topological polar surface area (TPSA) is 113 Å². The minimum absolute atomic E-state index is 0.0217. The highest BCUT2D eigenvalue weighted by Gasteiger charge is 2.27. The largest absolute Gasteiger partial charge is 0.492 e. The Kier molecular flexibility index (Phi) is 7.78. The van der Waals surface area contributed by atoms with Crippen LogP contribution in [0.1, 0.15) is 36.5 Å². The SMILES string of the molecule is CCOc1ccc(S(=O)(=O)N2CCCCC2)cc1NC(=O)c1cccc(S(=O)(=O)N(C)C)c1. The second-order valence-corrected chi connectivity index (χ2v) is 11.9. The first-order valence-corrected chi connectivity index (χ1v) is 13.6. The number of ether oxygens (including phenoxy) is 1. The number of sulfonamides is 2. The molecule has 0 radical (unpaired) electrons. The number of benzene rings is 2. The quantitative estimate of drug-likeness (QED) is 0.603. The number of nitrogens with zero attached hydrogens (tertiary/aromatic N) is 2. The second kappa shape index (κ2) is 10.2. The molecule has 1 aliphatic heterocycles. The molecular weight excluding hydrogens is 466 g/mol. The van der Waals surface area contributed by atoms with Crippen molar-refractivity contribution in [3.63, 3.8) is 0 Å². The Balaban J connectivity index is 1.94. The first-order chi connectivity index (χ1) is 15.6. The average molecular weight is 496 g/mol. The van der Waals surface area contributed by atoms with Crippen molar-refractivity contribution >= 4 is 31.6 Å². The fourth-order valence-electron chi connectivity index (χ4n) is 3.51. The number of nitrogens with one attached hydrogen (secondary N) is 1. The highest BCUT2D eigenvalue weighted by atomic mass is 32.2. The Bertz CT molecular complexity index is 1220. The van der Waals surface area contributed by atoms with Crippen molar-refractivity contribution in [1.29, 1.82) is 0 Å². The maximum Gasteiger partial charge on any atom is 0.255 e. The van der Waals surface area contributed by atoms with Gasteiger partial charge in [0.05, 0.1) is 22.1 Å². The monoisotopic (exact) mass is 495 g/mol. The summed E-state index contributed by atoms with van der Waals surface area (Å²) in [6.07, 6.45) is 2.62. The molecule has 9 nitrogen and oxygen atoms in total. The molecule has 0 bridgehead atoms. The molecular formula is C22H29N3O6S2. The van der Waals surface area contributed by atoms with Crippen LogP contribution in [0.4, 0.5) is 5.69 Å². The van der Waals surface area contributed by atoms with Gasteiger partial charge in [0.1, 0.15) is 5.75 Å². The summed E-state index contributed by atoms with van der Waals surface area (Å²) in [5, 5.41) is 2.68. The lowest BCUT2D eigenvalue weighted by Gasteiger charge is -2.26. The Hall–Kier alpha value is -2.47. The number of hydrogen-bond donors (Lipinski definition) is 1.